The molecule has 0 aliphatic rings. The summed E-state index contributed by atoms with van der Waals surface area (Å²) in [5.41, 5.74) is 1.01. The van der Waals surface area contributed by atoms with Crippen LogP contribution in [-0.2, 0) is 9.59 Å². The van der Waals surface area contributed by atoms with E-state index in [-0.39, 0.29) is 11.8 Å². The number of benzene rings is 2. The predicted molar refractivity (Wildman–Crippen MR) is 99.8 cm³/mol. The average Bonchev–Trinajstić information content (AvgIpc) is 2.66. The molecule has 9 heteroatoms. The van der Waals surface area contributed by atoms with Gasteiger partial charge in [-0.05, 0) is 48.7 Å². The van der Waals surface area contributed by atoms with Crippen LogP contribution in [0, 0.1) is 0 Å². The predicted octanol–water partition coefficient (Wildman–Crippen LogP) is 4.84. The normalized spacial score (nSPS) is 11.2. The number of halogens is 3. The fraction of sp³-hybridized carbons (Fsp3) is 0.300. The van der Waals surface area contributed by atoms with Crippen LogP contribution in [0.25, 0.3) is 11.1 Å². The summed E-state index contributed by atoms with van der Waals surface area (Å²) in [5, 5.41) is 11.1. The number of nitrogens with one attached hydrogen (secondary N) is 1. The quantitative estimate of drug-likeness (QED) is 0.637. The molecule has 0 spiro atoms. The van der Waals surface area contributed by atoms with Crippen molar-refractivity contribution >= 4 is 17.6 Å². The number of rotatable bonds is 7. The number of amides is 1. The second-order valence-electron chi connectivity index (χ2n) is 6.10. The smallest absolute Gasteiger partial charge is 0.490 e. The van der Waals surface area contributed by atoms with E-state index in [4.69, 9.17) is 9.84 Å². The highest BCUT2D eigenvalue weighted by Gasteiger charge is 2.31. The molecule has 0 unspecified atom stereocenters. The van der Waals surface area contributed by atoms with Gasteiger partial charge in [0.25, 0.3) is 0 Å². The zero-order valence-corrected chi connectivity index (χ0v) is 15.7. The van der Waals surface area contributed by atoms with Crippen LogP contribution >= 0.6 is 0 Å². The number of hydrogen-bond donors (Lipinski definition) is 2. The Morgan fingerprint density at radius 2 is 1.62 bits per heavy atom. The topological polar surface area (TPSA) is 84.9 Å². The summed E-state index contributed by atoms with van der Waals surface area (Å²) in [6, 6.07) is 9.64. The number of carbonyl (C=O) groups excluding carboxylic acids is 1. The van der Waals surface area contributed by atoms with Crippen molar-refractivity contribution in [2.45, 2.75) is 39.2 Å². The van der Waals surface area contributed by atoms with Crippen molar-refractivity contribution in [3.05, 3.63) is 42.5 Å². The van der Waals surface area contributed by atoms with Crippen LogP contribution in [0.15, 0.2) is 42.5 Å². The van der Waals surface area contributed by atoms with Crippen LogP contribution in [0.2, 0.25) is 0 Å². The molecule has 6 nitrogen and oxygen atoms in total. The molecule has 156 valence electrons. The Morgan fingerprint density at radius 1 is 1.03 bits per heavy atom. The summed E-state index contributed by atoms with van der Waals surface area (Å²) in [5.74, 6) is -2.82. The number of carbonyl (C=O) groups is 2. The highest BCUT2D eigenvalue weighted by Crippen LogP contribution is 2.34. The number of alkyl halides is 3. The number of carboxylic acid groups (broad SMARTS) is 1. The monoisotopic (exact) mass is 411 g/mol. The zero-order chi connectivity index (χ0) is 21.6. The molecule has 0 aliphatic carbocycles. The van der Waals surface area contributed by atoms with E-state index in [9.17, 15) is 22.8 Å². The molecule has 2 rings (SSSR count). The van der Waals surface area contributed by atoms with E-state index in [1.807, 2.05) is 13.8 Å². The number of ether oxygens (including phenoxy) is 2. The number of anilines is 1. The molecule has 0 saturated heterocycles. The van der Waals surface area contributed by atoms with E-state index in [2.05, 4.69) is 10.1 Å². The Labute approximate surface area is 165 Å². The molecule has 0 atom stereocenters. The minimum absolute atomic E-state index is 0.0372. The first-order valence-electron chi connectivity index (χ1n) is 8.84. The van der Waals surface area contributed by atoms with Crippen LogP contribution in [-0.4, -0.2) is 29.4 Å². The third kappa shape index (κ3) is 6.41. The van der Waals surface area contributed by atoms with Gasteiger partial charge in [0.15, 0.2) is 0 Å². The third-order valence-electron chi connectivity index (χ3n) is 4.05. The summed E-state index contributed by atoms with van der Waals surface area (Å²) in [4.78, 5) is 22.4. The molecular weight excluding hydrogens is 391 g/mol. The van der Waals surface area contributed by atoms with Crippen LogP contribution in [0.4, 0.5) is 18.9 Å². The van der Waals surface area contributed by atoms with E-state index >= 15 is 0 Å². The molecule has 0 aromatic heterocycles. The van der Waals surface area contributed by atoms with Crippen LogP contribution in [0.5, 0.6) is 11.5 Å². The standard InChI is InChI=1S/C20H20F3NO5/c1-3-13(4-2)28-15-9-10-17(24-18(25)19(26)27)16(11-15)12-5-7-14(8-6-12)29-20(21,22)23/h5-11,13H,3-4H2,1-2H3,(H,24,25)(H,26,27). The van der Waals surface area contributed by atoms with Gasteiger partial charge in [0.05, 0.1) is 6.10 Å². The largest absolute Gasteiger partial charge is 0.573 e. The van der Waals surface area contributed by atoms with Crippen molar-refractivity contribution in [1.29, 1.82) is 0 Å². The van der Waals surface area contributed by atoms with Crippen molar-refractivity contribution in [1.82, 2.24) is 0 Å². The fourth-order valence-corrected chi connectivity index (χ4v) is 2.60. The molecule has 29 heavy (non-hydrogen) atoms. The molecule has 2 aromatic carbocycles. The molecular formula is C20H20F3NO5. The van der Waals surface area contributed by atoms with Crippen molar-refractivity contribution in [2.75, 3.05) is 5.32 Å². The van der Waals surface area contributed by atoms with Gasteiger partial charge in [0, 0.05) is 11.3 Å². The first-order chi connectivity index (χ1) is 13.6. The minimum Gasteiger partial charge on any atom is -0.490 e. The maximum absolute atomic E-state index is 12.3. The van der Waals surface area contributed by atoms with Crippen LogP contribution < -0.4 is 14.8 Å². The molecule has 1 amide bonds. The molecule has 2 aromatic rings. The molecule has 2 N–H and O–H groups in total. The van der Waals surface area contributed by atoms with Gasteiger partial charge in [0.1, 0.15) is 11.5 Å². The first-order valence-corrected chi connectivity index (χ1v) is 8.84. The van der Waals surface area contributed by atoms with Crippen molar-refractivity contribution in [3.8, 4) is 22.6 Å². The molecule has 0 fully saturated rings. The van der Waals surface area contributed by atoms with Gasteiger partial charge in [0.2, 0.25) is 0 Å². The van der Waals surface area contributed by atoms with Gasteiger partial charge in [-0.1, -0.05) is 26.0 Å². The second-order valence-corrected chi connectivity index (χ2v) is 6.10. The lowest BCUT2D eigenvalue weighted by Crippen LogP contribution is -2.22. The molecule has 0 aliphatic heterocycles. The number of hydrogen-bond acceptors (Lipinski definition) is 4. The van der Waals surface area contributed by atoms with Gasteiger partial charge in [-0.3, -0.25) is 4.79 Å². The first kappa shape index (κ1) is 22.1. The van der Waals surface area contributed by atoms with Crippen molar-refractivity contribution in [3.63, 3.8) is 0 Å². The van der Waals surface area contributed by atoms with Gasteiger partial charge in [-0.2, -0.15) is 0 Å². The Bertz CT molecular complexity index is 861. The lowest BCUT2D eigenvalue weighted by molar-refractivity contribution is -0.274. The fourth-order valence-electron chi connectivity index (χ4n) is 2.60. The lowest BCUT2D eigenvalue weighted by atomic mass is 10.0. The summed E-state index contributed by atoms with van der Waals surface area (Å²) >= 11 is 0. The van der Waals surface area contributed by atoms with Gasteiger partial charge in [-0.25, -0.2) is 4.79 Å². The average molecular weight is 411 g/mol. The molecule has 0 radical (unpaired) electrons. The highest BCUT2D eigenvalue weighted by atomic mass is 19.4. The Kier molecular flexibility index (Phi) is 7.08. The number of aliphatic carboxylic acids is 1. The Morgan fingerprint density at radius 3 is 2.14 bits per heavy atom. The summed E-state index contributed by atoms with van der Waals surface area (Å²) in [7, 11) is 0. The second kappa shape index (κ2) is 9.31. The summed E-state index contributed by atoms with van der Waals surface area (Å²) < 4.78 is 46.8. The Hall–Kier alpha value is -3.23. The maximum Gasteiger partial charge on any atom is 0.573 e. The van der Waals surface area contributed by atoms with E-state index < -0.39 is 24.0 Å². The SMILES string of the molecule is CCC(CC)Oc1ccc(NC(=O)C(=O)O)c(-c2ccc(OC(F)(F)F)cc2)c1. The Balaban J connectivity index is 2.41. The van der Waals surface area contributed by atoms with E-state index in [0.29, 0.717) is 16.9 Å². The van der Waals surface area contributed by atoms with Gasteiger partial charge in [-0.15, -0.1) is 13.2 Å². The summed E-state index contributed by atoms with van der Waals surface area (Å²) in [6.07, 6.45) is -3.31. The maximum atomic E-state index is 12.3. The van der Waals surface area contributed by atoms with Crippen LogP contribution in [0.1, 0.15) is 26.7 Å². The molecule has 0 bridgehead atoms. The van der Waals surface area contributed by atoms with Gasteiger partial charge >= 0.3 is 18.2 Å². The van der Waals surface area contributed by atoms with E-state index in [0.717, 1.165) is 25.0 Å². The van der Waals surface area contributed by atoms with Crippen molar-refractivity contribution < 1.29 is 37.3 Å². The number of carboxylic acids is 1. The third-order valence-corrected chi connectivity index (χ3v) is 4.05. The molecule has 0 heterocycles. The van der Waals surface area contributed by atoms with E-state index in [1.165, 1.54) is 18.2 Å². The minimum atomic E-state index is -4.81. The lowest BCUT2D eigenvalue weighted by Gasteiger charge is -2.18. The van der Waals surface area contributed by atoms with E-state index in [1.54, 1.807) is 12.1 Å². The highest BCUT2D eigenvalue weighted by molar-refractivity contribution is 6.36. The zero-order valence-electron chi connectivity index (χ0n) is 15.7. The summed E-state index contributed by atoms with van der Waals surface area (Å²) in [6.45, 7) is 3.94. The van der Waals surface area contributed by atoms with Crippen LogP contribution in [0.3, 0.4) is 0 Å². The van der Waals surface area contributed by atoms with Crippen molar-refractivity contribution in [2.24, 2.45) is 0 Å². The molecule has 0 saturated carbocycles. The van der Waals surface area contributed by atoms with Gasteiger partial charge < -0.3 is 19.9 Å².